The van der Waals surface area contributed by atoms with E-state index in [1.54, 1.807) is 18.2 Å². The minimum Gasteiger partial charge on any atom is -0.383 e. The van der Waals surface area contributed by atoms with Crippen LogP contribution in [-0.2, 0) is 0 Å². The highest BCUT2D eigenvalue weighted by atomic mass is 79.9. The largest absolute Gasteiger partial charge is 0.383 e. The summed E-state index contributed by atoms with van der Waals surface area (Å²) in [4.78, 5) is 4.11. The summed E-state index contributed by atoms with van der Waals surface area (Å²) in [6, 6.07) is 9.50. The lowest BCUT2D eigenvalue weighted by Gasteiger charge is -2.05. The molecule has 0 aliphatic rings. The van der Waals surface area contributed by atoms with Crippen LogP contribution in [0.1, 0.15) is 5.56 Å². The van der Waals surface area contributed by atoms with E-state index in [1.165, 1.54) is 12.1 Å². The number of benzene rings is 1. The van der Waals surface area contributed by atoms with Crippen LogP contribution in [0.2, 0.25) is 0 Å². The molecule has 0 radical (unpaired) electrons. The van der Waals surface area contributed by atoms with Crippen molar-refractivity contribution in [1.82, 2.24) is 4.98 Å². The summed E-state index contributed by atoms with van der Waals surface area (Å²) in [5, 5.41) is 8.74. The molecule has 1 heterocycles. The summed E-state index contributed by atoms with van der Waals surface area (Å²) in [5.41, 5.74) is 7.27. The first kappa shape index (κ1) is 11.6. The topological polar surface area (TPSA) is 62.7 Å². The summed E-state index contributed by atoms with van der Waals surface area (Å²) in [7, 11) is 0. The molecule has 2 rings (SSSR count). The Labute approximate surface area is 106 Å². The van der Waals surface area contributed by atoms with Gasteiger partial charge in [-0.3, -0.25) is 0 Å². The molecule has 2 aromatic rings. The molecule has 0 aliphatic heterocycles. The number of nitrogen functional groups attached to an aromatic ring is 1. The van der Waals surface area contributed by atoms with E-state index in [-0.39, 0.29) is 11.6 Å². The molecule has 0 aliphatic carbocycles. The molecular formula is C12H7BrFN3. The van der Waals surface area contributed by atoms with Crippen molar-refractivity contribution < 1.29 is 4.39 Å². The van der Waals surface area contributed by atoms with Gasteiger partial charge >= 0.3 is 0 Å². The van der Waals surface area contributed by atoms with Gasteiger partial charge < -0.3 is 5.73 Å². The molecular weight excluding hydrogens is 285 g/mol. The monoisotopic (exact) mass is 291 g/mol. The van der Waals surface area contributed by atoms with Gasteiger partial charge in [-0.05, 0) is 46.3 Å². The van der Waals surface area contributed by atoms with Gasteiger partial charge in [0, 0.05) is 10.0 Å². The van der Waals surface area contributed by atoms with Crippen LogP contribution in [0.4, 0.5) is 10.2 Å². The Morgan fingerprint density at radius 1 is 1.29 bits per heavy atom. The number of nitrogens with two attached hydrogens (primary N) is 1. The van der Waals surface area contributed by atoms with E-state index >= 15 is 0 Å². The first-order valence-electron chi connectivity index (χ1n) is 4.74. The third-order valence-corrected chi connectivity index (χ3v) is 2.91. The van der Waals surface area contributed by atoms with Gasteiger partial charge in [0.15, 0.2) is 0 Å². The molecule has 0 atom stereocenters. The number of pyridine rings is 1. The first-order chi connectivity index (χ1) is 8.11. The minimum absolute atomic E-state index is 0.168. The number of rotatable bonds is 1. The standard InChI is InChI=1S/C12H7BrFN3/c13-10-5-8(14)2-3-9(10)11-4-1-7(6-15)12(16)17-11/h1-5H,(H2,16,17). The van der Waals surface area contributed by atoms with E-state index < -0.39 is 0 Å². The second-order valence-corrected chi connectivity index (χ2v) is 4.22. The molecule has 2 N–H and O–H groups in total. The van der Waals surface area contributed by atoms with Crippen molar-refractivity contribution in [2.75, 3.05) is 5.73 Å². The van der Waals surface area contributed by atoms with Gasteiger partial charge in [0.2, 0.25) is 0 Å². The number of hydrogen-bond donors (Lipinski definition) is 1. The highest BCUT2D eigenvalue weighted by molar-refractivity contribution is 9.10. The SMILES string of the molecule is N#Cc1ccc(-c2ccc(F)cc2Br)nc1N. The maximum Gasteiger partial charge on any atom is 0.142 e. The third-order valence-electron chi connectivity index (χ3n) is 2.25. The van der Waals surface area contributed by atoms with Crippen molar-refractivity contribution in [1.29, 1.82) is 5.26 Å². The predicted molar refractivity (Wildman–Crippen MR) is 66.5 cm³/mol. The van der Waals surface area contributed by atoms with Gasteiger partial charge in [0.05, 0.1) is 11.3 Å². The molecule has 1 aromatic heterocycles. The van der Waals surface area contributed by atoms with Crippen molar-refractivity contribution in [2.45, 2.75) is 0 Å². The molecule has 0 saturated carbocycles. The molecule has 1 aromatic carbocycles. The lowest BCUT2D eigenvalue weighted by Crippen LogP contribution is -1.96. The molecule has 0 amide bonds. The first-order valence-corrected chi connectivity index (χ1v) is 5.53. The Balaban J connectivity index is 2.54. The summed E-state index contributed by atoms with van der Waals surface area (Å²) >= 11 is 3.26. The number of nitrogens with zero attached hydrogens (tertiary/aromatic N) is 2. The molecule has 84 valence electrons. The minimum atomic E-state index is -0.331. The molecule has 0 saturated heterocycles. The Kier molecular flexibility index (Phi) is 3.07. The normalized spacial score (nSPS) is 9.94. The van der Waals surface area contributed by atoms with Crippen LogP contribution in [0, 0.1) is 17.1 Å². The average Bonchev–Trinajstić information content (AvgIpc) is 2.29. The van der Waals surface area contributed by atoms with Crippen molar-refractivity contribution in [2.24, 2.45) is 0 Å². The fourth-order valence-corrected chi connectivity index (χ4v) is 1.97. The van der Waals surface area contributed by atoms with E-state index in [2.05, 4.69) is 20.9 Å². The lowest BCUT2D eigenvalue weighted by molar-refractivity contribution is 0.627. The molecule has 0 unspecified atom stereocenters. The number of anilines is 1. The lowest BCUT2D eigenvalue weighted by atomic mass is 10.1. The van der Waals surface area contributed by atoms with Gasteiger partial charge in [-0.15, -0.1) is 0 Å². The highest BCUT2D eigenvalue weighted by Gasteiger charge is 2.08. The van der Waals surface area contributed by atoms with Crippen LogP contribution in [0.15, 0.2) is 34.8 Å². The summed E-state index contributed by atoms with van der Waals surface area (Å²) in [5.74, 6) is -0.163. The van der Waals surface area contributed by atoms with Crippen LogP contribution in [0.5, 0.6) is 0 Å². The van der Waals surface area contributed by atoms with Gasteiger partial charge in [-0.1, -0.05) is 0 Å². The zero-order chi connectivity index (χ0) is 12.4. The number of nitriles is 1. The predicted octanol–water partition coefficient (Wildman–Crippen LogP) is 3.10. The van der Waals surface area contributed by atoms with Crippen molar-refractivity contribution >= 4 is 21.7 Å². The number of halogens is 2. The molecule has 3 nitrogen and oxygen atoms in total. The smallest absolute Gasteiger partial charge is 0.142 e. The maximum atomic E-state index is 12.9. The zero-order valence-electron chi connectivity index (χ0n) is 8.61. The molecule has 0 spiro atoms. The van der Waals surface area contributed by atoms with Gasteiger partial charge in [-0.2, -0.15) is 5.26 Å². The Morgan fingerprint density at radius 2 is 2.06 bits per heavy atom. The summed E-state index contributed by atoms with van der Waals surface area (Å²) < 4.78 is 13.5. The Hall–Kier alpha value is -1.93. The Morgan fingerprint density at radius 3 is 2.65 bits per heavy atom. The summed E-state index contributed by atoms with van der Waals surface area (Å²) in [6.07, 6.45) is 0. The van der Waals surface area contributed by atoms with Crippen molar-refractivity contribution in [3.8, 4) is 17.3 Å². The van der Waals surface area contributed by atoms with Gasteiger partial charge in [0.25, 0.3) is 0 Å². The van der Waals surface area contributed by atoms with Crippen LogP contribution < -0.4 is 5.73 Å². The second kappa shape index (κ2) is 4.52. The number of aromatic nitrogens is 1. The second-order valence-electron chi connectivity index (χ2n) is 3.37. The van der Waals surface area contributed by atoms with E-state index in [1.807, 2.05) is 6.07 Å². The third kappa shape index (κ3) is 2.27. The van der Waals surface area contributed by atoms with Gasteiger partial charge in [-0.25, -0.2) is 9.37 Å². The number of hydrogen-bond acceptors (Lipinski definition) is 3. The van der Waals surface area contributed by atoms with Crippen LogP contribution in [0.25, 0.3) is 11.3 Å². The highest BCUT2D eigenvalue weighted by Crippen LogP contribution is 2.28. The average molecular weight is 292 g/mol. The van der Waals surface area contributed by atoms with Crippen molar-refractivity contribution in [3.63, 3.8) is 0 Å². The molecule has 0 bridgehead atoms. The van der Waals surface area contributed by atoms with Gasteiger partial charge in [0.1, 0.15) is 17.7 Å². The fraction of sp³-hybridized carbons (Fsp3) is 0. The quantitative estimate of drug-likeness (QED) is 0.878. The van der Waals surface area contributed by atoms with E-state index in [4.69, 9.17) is 11.0 Å². The van der Waals surface area contributed by atoms with E-state index in [0.29, 0.717) is 15.7 Å². The van der Waals surface area contributed by atoms with Crippen LogP contribution >= 0.6 is 15.9 Å². The molecule has 5 heteroatoms. The van der Waals surface area contributed by atoms with Crippen LogP contribution in [-0.4, -0.2) is 4.98 Å². The summed E-state index contributed by atoms with van der Waals surface area (Å²) in [6.45, 7) is 0. The van der Waals surface area contributed by atoms with Crippen molar-refractivity contribution in [3.05, 3.63) is 46.2 Å². The fourth-order valence-electron chi connectivity index (χ4n) is 1.42. The van der Waals surface area contributed by atoms with Crippen LogP contribution in [0.3, 0.4) is 0 Å². The molecule has 0 fully saturated rings. The Bertz CT molecular complexity index is 620. The van der Waals surface area contributed by atoms with E-state index in [9.17, 15) is 4.39 Å². The maximum absolute atomic E-state index is 12.9. The zero-order valence-corrected chi connectivity index (χ0v) is 10.2. The van der Waals surface area contributed by atoms with E-state index in [0.717, 1.165) is 5.56 Å². The molecule has 17 heavy (non-hydrogen) atoms.